The van der Waals surface area contributed by atoms with E-state index in [4.69, 9.17) is 2.74 Å². The van der Waals surface area contributed by atoms with E-state index in [1.165, 1.54) is 37.2 Å². The number of fused-ring (bicyclic) bond motifs is 6. The highest BCUT2D eigenvalue weighted by Gasteiger charge is 2.15. The van der Waals surface area contributed by atoms with Crippen molar-refractivity contribution >= 4 is 53.1 Å². The van der Waals surface area contributed by atoms with Crippen LogP contribution in [0.3, 0.4) is 0 Å². The number of thiophene rings is 1. The molecule has 1 nitrogen and oxygen atoms in total. The van der Waals surface area contributed by atoms with Crippen LogP contribution in [0, 0.1) is 19.7 Å². The zero-order valence-corrected chi connectivity index (χ0v) is 21.3. The summed E-state index contributed by atoms with van der Waals surface area (Å²) in [6.07, 6.45) is -0.853. The van der Waals surface area contributed by atoms with E-state index in [0.29, 0.717) is 11.3 Å². The third-order valence-corrected chi connectivity index (χ3v) is 8.36. The Labute approximate surface area is 221 Å². The van der Waals surface area contributed by atoms with Gasteiger partial charge in [0.1, 0.15) is 5.82 Å². The lowest BCUT2D eigenvalue weighted by molar-refractivity contribution is 0.608. The van der Waals surface area contributed by atoms with Crippen LogP contribution in [-0.2, 0) is 6.37 Å². The topological polar surface area (TPSA) is 12.9 Å². The number of halogens is 1. The van der Waals surface area contributed by atoms with Gasteiger partial charge < -0.3 is 0 Å². The van der Waals surface area contributed by atoms with E-state index in [2.05, 4.69) is 60.4 Å². The van der Waals surface area contributed by atoms with Crippen LogP contribution in [0.25, 0.3) is 53.0 Å². The monoisotopic (exact) mass is 499 g/mol. The summed E-state index contributed by atoms with van der Waals surface area (Å²) in [5.41, 5.74) is 3.90. The van der Waals surface area contributed by atoms with Gasteiger partial charge in [0.2, 0.25) is 0 Å². The molecule has 0 fully saturated rings. The Morgan fingerprint density at radius 1 is 0.757 bits per heavy atom. The molecule has 0 radical (unpaired) electrons. The largest absolute Gasteiger partial charge is 0.253 e. The molecular weight excluding hydrogens is 473 g/mol. The second kappa shape index (κ2) is 8.50. The fraction of sp³-hybridized carbons (Fsp3) is 0.0882. The van der Waals surface area contributed by atoms with Crippen LogP contribution in [0.1, 0.15) is 25.0 Å². The zero-order valence-electron chi connectivity index (χ0n) is 22.5. The normalized spacial score (nSPS) is 12.9. The second-order valence-electron chi connectivity index (χ2n) is 9.63. The maximum absolute atomic E-state index is 15.1. The molecule has 0 aliphatic rings. The quantitative estimate of drug-likeness (QED) is 0.220. The number of hydrogen-bond donors (Lipinski definition) is 0. The highest BCUT2D eigenvalue weighted by Crippen LogP contribution is 2.42. The molecule has 0 bridgehead atoms. The number of aryl methyl sites for hydroxylation is 2. The van der Waals surface area contributed by atoms with Gasteiger partial charge in [0.15, 0.2) is 0 Å². The van der Waals surface area contributed by atoms with Crippen molar-refractivity contribution in [2.75, 3.05) is 0 Å². The summed E-state index contributed by atoms with van der Waals surface area (Å²) in [4.78, 5) is 4.43. The molecule has 7 rings (SSSR count). The Hall–Kier alpha value is -4.08. The molecule has 0 saturated heterocycles. The standard InChI is InChI=1S/C34H24FNS/c1-20-10-11-22-12-13-24-16-30-26-8-5-9-27(34(26)37-33(30)18-29(24)28(22)14-20)32-17-25(31(35)19-36-32)15-23-7-4-3-6-21(23)2/h3-14,16-19H,15H2,1-2H3/i15D2. The predicted octanol–water partition coefficient (Wildman–Crippen LogP) is 9.77. The van der Waals surface area contributed by atoms with Crippen LogP contribution < -0.4 is 0 Å². The molecule has 5 aromatic carbocycles. The van der Waals surface area contributed by atoms with Crippen LogP contribution in [0.4, 0.5) is 4.39 Å². The van der Waals surface area contributed by atoms with Gasteiger partial charge in [-0.3, -0.25) is 4.98 Å². The van der Waals surface area contributed by atoms with Crippen molar-refractivity contribution in [2.24, 2.45) is 0 Å². The van der Waals surface area contributed by atoms with Gasteiger partial charge in [-0.05, 0) is 70.3 Å². The molecule has 0 aliphatic carbocycles. The summed E-state index contributed by atoms with van der Waals surface area (Å²) < 4.78 is 35.1. The molecule has 7 aromatic rings. The minimum atomic E-state index is -2.00. The summed E-state index contributed by atoms with van der Waals surface area (Å²) in [7, 11) is 0. The second-order valence-corrected chi connectivity index (χ2v) is 10.7. The van der Waals surface area contributed by atoms with Crippen LogP contribution in [0.15, 0.2) is 97.2 Å². The van der Waals surface area contributed by atoms with E-state index in [1.807, 2.05) is 31.2 Å². The first kappa shape index (κ1) is 20.0. The van der Waals surface area contributed by atoms with E-state index in [9.17, 15) is 0 Å². The summed E-state index contributed by atoms with van der Waals surface area (Å²) in [6, 6.07) is 30.3. The van der Waals surface area contributed by atoms with Gasteiger partial charge in [-0.25, -0.2) is 4.39 Å². The molecule has 0 atom stereocenters. The average Bonchev–Trinajstić information content (AvgIpc) is 3.30. The van der Waals surface area contributed by atoms with Gasteiger partial charge >= 0.3 is 0 Å². The Balaban J connectivity index is 1.44. The summed E-state index contributed by atoms with van der Waals surface area (Å²) in [5.74, 6) is -0.649. The van der Waals surface area contributed by atoms with Crippen molar-refractivity contribution in [3.05, 3.63) is 125 Å². The number of rotatable bonds is 3. The smallest absolute Gasteiger partial charge is 0.145 e. The molecule has 37 heavy (non-hydrogen) atoms. The molecule has 0 saturated carbocycles. The van der Waals surface area contributed by atoms with Crippen LogP contribution in [-0.4, -0.2) is 4.98 Å². The van der Waals surface area contributed by atoms with E-state index >= 15 is 4.39 Å². The van der Waals surface area contributed by atoms with Crippen LogP contribution in [0.2, 0.25) is 0 Å². The Morgan fingerprint density at radius 2 is 1.57 bits per heavy atom. The van der Waals surface area contributed by atoms with Gasteiger partial charge in [-0.1, -0.05) is 78.4 Å². The Morgan fingerprint density at radius 3 is 2.46 bits per heavy atom. The molecular formula is C34H24FNS. The molecule has 2 aromatic heterocycles. The maximum atomic E-state index is 15.1. The molecule has 3 heteroatoms. The lowest BCUT2D eigenvalue weighted by Gasteiger charge is -2.09. The number of nitrogens with zero attached hydrogens (tertiary/aromatic N) is 1. The summed E-state index contributed by atoms with van der Waals surface area (Å²) in [5, 5.41) is 7.18. The number of pyridine rings is 1. The van der Waals surface area contributed by atoms with Crippen molar-refractivity contribution in [1.82, 2.24) is 4.98 Å². The molecule has 178 valence electrons. The van der Waals surface area contributed by atoms with Crippen molar-refractivity contribution in [3.8, 4) is 11.3 Å². The Kier molecular flexibility index (Phi) is 4.60. The highest BCUT2D eigenvalue weighted by atomic mass is 32.1. The first-order valence-electron chi connectivity index (χ1n) is 13.3. The van der Waals surface area contributed by atoms with Crippen LogP contribution >= 0.6 is 11.3 Å². The average molecular weight is 500 g/mol. The van der Waals surface area contributed by atoms with Gasteiger partial charge in [0.05, 0.1) is 11.9 Å². The molecule has 0 unspecified atom stereocenters. The van der Waals surface area contributed by atoms with E-state index in [1.54, 1.807) is 29.5 Å². The minimum absolute atomic E-state index is 0.00695. The maximum Gasteiger partial charge on any atom is 0.145 e. The molecule has 0 spiro atoms. The fourth-order valence-electron chi connectivity index (χ4n) is 5.20. The first-order valence-corrected chi connectivity index (χ1v) is 13.1. The number of hydrogen-bond acceptors (Lipinski definition) is 2. The lowest BCUT2D eigenvalue weighted by atomic mass is 9.97. The lowest BCUT2D eigenvalue weighted by Crippen LogP contribution is -1.97. The molecule has 0 amide bonds. The van der Waals surface area contributed by atoms with Crippen molar-refractivity contribution in [3.63, 3.8) is 0 Å². The van der Waals surface area contributed by atoms with Gasteiger partial charge in [0.25, 0.3) is 0 Å². The highest BCUT2D eigenvalue weighted by molar-refractivity contribution is 7.26. The first-order chi connectivity index (χ1) is 18.8. The molecule has 0 N–H and O–H groups in total. The summed E-state index contributed by atoms with van der Waals surface area (Å²) >= 11 is 1.70. The molecule has 2 heterocycles. The van der Waals surface area contributed by atoms with Crippen molar-refractivity contribution in [1.29, 1.82) is 0 Å². The number of benzene rings is 5. The van der Waals surface area contributed by atoms with Crippen LogP contribution in [0.5, 0.6) is 0 Å². The summed E-state index contributed by atoms with van der Waals surface area (Å²) in [6.45, 7) is 3.97. The van der Waals surface area contributed by atoms with E-state index < -0.39 is 12.2 Å². The minimum Gasteiger partial charge on any atom is -0.253 e. The van der Waals surface area contributed by atoms with Crippen molar-refractivity contribution in [2.45, 2.75) is 20.2 Å². The third-order valence-electron chi connectivity index (χ3n) is 7.16. The fourth-order valence-corrected chi connectivity index (χ4v) is 6.45. The van der Waals surface area contributed by atoms with Gasteiger partial charge in [-0.15, -0.1) is 11.3 Å². The van der Waals surface area contributed by atoms with Gasteiger partial charge in [0, 0.05) is 34.9 Å². The number of aromatic nitrogens is 1. The van der Waals surface area contributed by atoms with Gasteiger partial charge in [-0.2, -0.15) is 0 Å². The third kappa shape index (κ3) is 3.70. The van der Waals surface area contributed by atoms with E-state index in [0.717, 1.165) is 27.4 Å². The Bertz CT molecular complexity index is 2090. The van der Waals surface area contributed by atoms with E-state index in [-0.39, 0.29) is 5.56 Å². The molecule has 0 aliphatic heterocycles. The SMILES string of the molecule is [2H]C([2H])(c1ccccc1C)c1cc(-c2cccc3c2sc2cc4c(ccc5ccc(C)cc54)cc23)ncc1F. The van der Waals surface area contributed by atoms with Crippen molar-refractivity contribution < 1.29 is 7.13 Å². The predicted molar refractivity (Wildman–Crippen MR) is 156 cm³/mol. The zero-order chi connectivity index (χ0) is 26.9.